The molecule has 1 saturated heterocycles. The van der Waals surface area contributed by atoms with Gasteiger partial charge in [0, 0.05) is 18.4 Å². The number of nitrogens with zero attached hydrogens (tertiary/aromatic N) is 2. The van der Waals surface area contributed by atoms with E-state index >= 15 is 0 Å². The van der Waals surface area contributed by atoms with Crippen LogP contribution in [0.4, 0.5) is 0 Å². The fourth-order valence-corrected chi connectivity index (χ4v) is 2.26. The van der Waals surface area contributed by atoms with Gasteiger partial charge in [-0.3, -0.25) is 14.7 Å². The number of aromatic nitrogens is 1. The van der Waals surface area contributed by atoms with Crippen LogP contribution < -0.4 is 5.73 Å². The van der Waals surface area contributed by atoms with Crippen molar-refractivity contribution in [3.05, 3.63) is 30.1 Å². The van der Waals surface area contributed by atoms with E-state index in [4.69, 9.17) is 5.73 Å². The molecule has 4 nitrogen and oxygen atoms in total. The Balaban J connectivity index is 2.17. The molecule has 2 N–H and O–H groups in total. The van der Waals surface area contributed by atoms with E-state index in [9.17, 15) is 4.79 Å². The lowest BCUT2D eigenvalue weighted by atomic mass is 10.1. The van der Waals surface area contributed by atoms with Crippen molar-refractivity contribution in [2.75, 3.05) is 7.05 Å². The number of pyridine rings is 1. The zero-order valence-corrected chi connectivity index (χ0v) is 8.76. The minimum atomic E-state index is -0.233. The summed E-state index contributed by atoms with van der Waals surface area (Å²) in [6.07, 6.45) is 5.41. The first-order valence-corrected chi connectivity index (χ1v) is 5.11. The molecule has 15 heavy (non-hydrogen) atoms. The molecule has 1 fully saturated rings. The minimum absolute atomic E-state index is 0.129. The molecule has 1 amide bonds. The quantitative estimate of drug-likeness (QED) is 0.773. The molecule has 0 aliphatic carbocycles. The summed E-state index contributed by atoms with van der Waals surface area (Å²) in [6.45, 7) is 0. The Morgan fingerprint density at radius 1 is 1.60 bits per heavy atom. The number of rotatable bonds is 2. The van der Waals surface area contributed by atoms with E-state index in [1.807, 2.05) is 30.3 Å². The van der Waals surface area contributed by atoms with Crippen LogP contribution in [0.15, 0.2) is 24.5 Å². The average molecular weight is 205 g/mol. The van der Waals surface area contributed by atoms with Gasteiger partial charge in [-0.15, -0.1) is 0 Å². The molecule has 0 spiro atoms. The Bertz CT molecular complexity index is 352. The topological polar surface area (TPSA) is 59.2 Å². The molecule has 2 heterocycles. The number of primary amides is 1. The molecule has 1 aliphatic heterocycles. The van der Waals surface area contributed by atoms with Gasteiger partial charge < -0.3 is 5.73 Å². The van der Waals surface area contributed by atoms with E-state index in [1.165, 1.54) is 0 Å². The van der Waals surface area contributed by atoms with Gasteiger partial charge in [-0.05, 0) is 31.5 Å². The van der Waals surface area contributed by atoms with Crippen molar-refractivity contribution >= 4 is 5.91 Å². The number of carbonyl (C=O) groups is 1. The third kappa shape index (κ3) is 1.85. The van der Waals surface area contributed by atoms with Crippen molar-refractivity contribution in [1.82, 2.24) is 9.88 Å². The molecule has 0 bridgehead atoms. The Hall–Kier alpha value is -1.42. The summed E-state index contributed by atoms with van der Waals surface area (Å²) < 4.78 is 0. The van der Waals surface area contributed by atoms with Crippen LogP contribution in [0.3, 0.4) is 0 Å². The van der Waals surface area contributed by atoms with Gasteiger partial charge in [0.05, 0.1) is 6.04 Å². The number of hydrogen-bond acceptors (Lipinski definition) is 3. The predicted octanol–water partition coefficient (Wildman–Crippen LogP) is 0.702. The van der Waals surface area contributed by atoms with E-state index in [-0.39, 0.29) is 18.0 Å². The highest BCUT2D eigenvalue weighted by atomic mass is 16.1. The molecule has 2 rings (SSSR count). The highest BCUT2D eigenvalue weighted by Gasteiger charge is 2.34. The van der Waals surface area contributed by atoms with Crippen LogP contribution in [0, 0.1) is 0 Å². The Kier molecular flexibility index (Phi) is 2.68. The van der Waals surface area contributed by atoms with Crippen LogP contribution >= 0.6 is 0 Å². The van der Waals surface area contributed by atoms with Gasteiger partial charge in [0.2, 0.25) is 5.91 Å². The first-order chi connectivity index (χ1) is 7.20. The molecule has 0 unspecified atom stereocenters. The molecule has 0 radical (unpaired) electrons. The second-order valence-electron chi connectivity index (χ2n) is 3.96. The molecule has 4 heteroatoms. The summed E-state index contributed by atoms with van der Waals surface area (Å²) >= 11 is 0. The molecule has 1 aromatic rings. The molecule has 2 atom stereocenters. The highest BCUT2D eigenvalue weighted by molar-refractivity contribution is 5.80. The number of amides is 1. The maximum Gasteiger partial charge on any atom is 0.234 e. The van der Waals surface area contributed by atoms with Crippen LogP contribution in [0.5, 0.6) is 0 Å². The maximum absolute atomic E-state index is 11.2. The molecular formula is C11H15N3O. The van der Waals surface area contributed by atoms with Crippen LogP contribution in [-0.4, -0.2) is 28.9 Å². The van der Waals surface area contributed by atoms with Gasteiger partial charge in [0.15, 0.2) is 0 Å². The van der Waals surface area contributed by atoms with Gasteiger partial charge in [-0.2, -0.15) is 0 Å². The van der Waals surface area contributed by atoms with Gasteiger partial charge in [-0.25, -0.2) is 0 Å². The van der Waals surface area contributed by atoms with Crippen LogP contribution in [0.25, 0.3) is 0 Å². The van der Waals surface area contributed by atoms with Crippen molar-refractivity contribution < 1.29 is 4.79 Å². The first-order valence-electron chi connectivity index (χ1n) is 5.11. The lowest BCUT2D eigenvalue weighted by Gasteiger charge is -2.23. The van der Waals surface area contributed by atoms with Gasteiger partial charge >= 0.3 is 0 Å². The predicted molar refractivity (Wildman–Crippen MR) is 57.0 cm³/mol. The number of nitrogens with two attached hydrogens (primary N) is 1. The standard InChI is InChI=1S/C11H15N3O/c1-14-9(4-5-10(14)11(12)15)8-3-2-6-13-7-8/h2-3,6-7,9-10H,4-5H2,1H3,(H2,12,15)/t9-,10-/m1/s1. The Morgan fingerprint density at radius 2 is 2.40 bits per heavy atom. The van der Waals surface area contributed by atoms with E-state index in [0.717, 1.165) is 18.4 Å². The van der Waals surface area contributed by atoms with E-state index in [2.05, 4.69) is 4.98 Å². The lowest BCUT2D eigenvalue weighted by Crippen LogP contribution is -2.38. The normalized spacial score (nSPS) is 26.7. The smallest absolute Gasteiger partial charge is 0.234 e. The van der Waals surface area contributed by atoms with Crippen LogP contribution in [0.1, 0.15) is 24.4 Å². The molecular weight excluding hydrogens is 190 g/mol. The minimum Gasteiger partial charge on any atom is -0.368 e. The van der Waals surface area contributed by atoms with Gasteiger partial charge in [0.25, 0.3) is 0 Å². The zero-order chi connectivity index (χ0) is 10.8. The Labute approximate surface area is 89.1 Å². The summed E-state index contributed by atoms with van der Waals surface area (Å²) in [4.78, 5) is 17.3. The van der Waals surface area contributed by atoms with Crippen LogP contribution in [0.2, 0.25) is 0 Å². The zero-order valence-electron chi connectivity index (χ0n) is 8.76. The largest absolute Gasteiger partial charge is 0.368 e. The van der Waals surface area contributed by atoms with E-state index < -0.39 is 0 Å². The summed E-state index contributed by atoms with van der Waals surface area (Å²) in [5.41, 5.74) is 6.49. The van der Waals surface area contributed by atoms with Crippen molar-refractivity contribution in [2.24, 2.45) is 5.73 Å². The number of likely N-dealkylation sites (N-methyl/N-ethyl adjacent to an activating group) is 1. The lowest BCUT2D eigenvalue weighted by molar-refractivity contribution is -0.122. The molecule has 0 aromatic carbocycles. The molecule has 0 saturated carbocycles. The Morgan fingerprint density at radius 3 is 2.93 bits per heavy atom. The number of carbonyl (C=O) groups excluding carboxylic acids is 1. The van der Waals surface area contributed by atoms with Crippen molar-refractivity contribution in [3.63, 3.8) is 0 Å². The number of likely N-dealkylation sites (tertiary alicyclic amines) is 1. The van der Waals surface area contributed by atoms with E-state index in [1.54, 1.807) is 6.20 Å². The summed E-state index contributed by atoms with van der Waals surface area (Å²) in [7, 11) is 1.94. The monoisotopic (exact) mass is 205 g/mol. The third-order valence-corrected chi connectivity index (χ3v) is 3.09. The summed E-state index contributed by atoms with van der Waals surface area (Å²) in [6, 6.07) is 4.10. The average Bonchev–Trinajstić information content (AvgIpc) is 2.61. The van der Waals surface area contributed by atoms with Gasteiger partial charge in [-0.1, -0.05) is 6.07 Å². The third-order valence-electron chi connectivity index (χ3n) is 3.09. The first kappa shape index (κ1) is 10.1. The van der Waals surface area contributed by atoms with Crippen molar-refractivity contribution in [3.8, 4) is 0 Å². The van der Waals surface area contributed by atoms with Gasteiger partial charge in [0.1, 0.15) is 0 Å². The summed E-state index contributed by atoms with van der Waals surface area (Å²) in [5.74, 6) is -0.233. The second kappa shape index (κ2) is 3.98. The molecule has 1 aromatic heterocycles. The molecule has 80 valence electrons. The molecule has 1 aliphatic rings. The van der Waals surface area contributed by atoms with Crippen molar-refractivity contribution in [2.45, 2.75) is 24.9 Å². The highest BCUT2D eigenvalue weighted by Crippen LogP contribution is 2.33. The fraction of sp³-hybridized carbons (Fsp3) is 0.455. The number of hydrogen-bond donors (Lipinski definition) is 1. The second-order valence-corrected chi connectivity index (χ2v) is 3.96. The van der Waals surface area contributed by atoms with Crippen LogP contribution in [-0.2, 0) is 4.79 Å². The fourth-order valence-electron chi connectivity index (χ4n) is 2.26. The van der Waals surface area contributed by atoms with Crippen molar-refractivity contribution in [1.29, 1.82) is 0 Å². The SMILES string of the molecule is CN1[C@@H](C(N)=O)CC[C@@H]1c1cccnc1. The van der Waals surface area contributed by atoms with E-state index in [0.29, 0.717) is 0 Å². The summed E-state index contributed by atoms with van der Waals surface area (Å²) in [5, 5.41) is 0. The maximum atomic E-state index is 11.2.